The maximum absolute atomic E-state index is 5.97. The highest BCUT2D eigenvalue weighted by atomic mass is 16.3. The van der Waals surface area contributed by atoms with E-state index in [1.54, 1.807) is 0 Å². The first-order valence-corrected chi connectivity index (χ1v) is 9.55. The number of anilines is 2. The van der Waals surface area contributed by atoms with Crippen LogP contribution in [0, 0.1) is 0 Å². The van der Waals surface area contributed by atoms with Crippen LogP contribution in [0.1, 0.15) is 12.8 Å². The van der Waals surface area contributed by atoms with Gasteiger partial charge in [-0.15, -0.1) is 0 Å². The molecule has 28 heavy (non-hydrogen) atoms. The van der Waals surface area contributed by atoms with Crippen molar-refractivity contribution in [3.05, 3.63) is 48.5 Å². The standard InChI is InChI=1S/C22H25N5O/c1-27(2)12-6-5-11-24-21-17-7-3-4-8-18(17)25-22(26-21)20-13-15-9-10-16(23)14-19(15)28-20/h3-4,7-10,13-14H,5-6,11-12,23H2,1-2H3,(H,24,25,26). The van der Waals surface area contributed by atoms with Gasteiger partial charge < -0.3 is 20.4 Å². The normalized spacial score (nSPS) is 11.5. The number of nitrogens with one attached hydrogen (secondary N) is 1. The minimum Gasteiger partial charge on any atom is -0.453 e. The Hall–Kier alpha value is -3.12. The molecule has 0 aliphatic heterocycles. The third-order valence-electron chi connectivity index (χ3n) is 4.69. The number of nitrogens with zero attached hydrogens (tertiary/aromatic N) is 3. The number of para-hydroxylation sites is 1. The average Bonchev–Trinajstić information content (AvgIpc) is 3.10. The molecule has 0 aliphatic rings. The SMILES string of the molecule is CN(C)CCCCNc1nc(-c2cc3ccc(N)cc3o2)nc2ccccc12. The first-order valence-electron chi connectivity index (χ1n) is 9.55. The van der Waals surface area contributed by atoms with Crippen LogP contribution in [-0.2, 0) is 0 Å². The Kier molecular flexibility index (Phi) is 5.12. The van der Waals surface area contributed by atoms with Crippen molar-refractivity contribution in [2.24, 2.45) is 0 Å². The zero-order valence-corrected chi connectivity index (χ0v) is 16.3. The predicted molar refractivity (Wildman–Crippen MR) is 115 cm³/mol. The van der Waals surface area contributed by atoms with Crippen LogP contribution in [0.15, 0.2) is 52.9 Å². The Morgan fingerprint density at radius 1 is 1.04 bits per heavy atom. The third kappa shape index (κ3) is 3.92. The van der Waals surface area contributed by atoms with Gasteiger partial charge in [0, 0.05) is 29.1 Å². The van der Waals surface area contributed by atoms with Gasteiger partial charge in [-0.1, -0.05) is 12.1 Å². The molecular formula is C22H25N5O. The van der Waals surface area contributed by atoms with Gasteiger partial charge in [0.25, 0.3) is 0 Å². The second kappa shape index (κ2) is 7.86. The molecule has 0 spiro atoms. The fourth-order valence-electron chi connectivity index (χ4n) is 3.24. The van der Waals surface area contributed by atoms with E-state index in [-0.39, 0.29) is 0 Å². The fraction of sp³-hybridized carbons (Fsp3) is 0.273. The van der Waals surface area contributed by atoms with E-state index in [1.165, 1.54) is 0 Å². The predicted octanol–water partition coefficient (Wildman–Crippen LogP) is 4.38. The average molecular weight is 375 g/mol. The Morgan fingerprint density at radius 2 is 1.89 bits per heavy atom. The molecule has 6 heteroatoms. The second-order valence-corrected chi connectivity index (χ2v) is 7.26. The summed E-state index contributed by atoms with van der Waals surface area (Å²) in [5.74, 6) is 2.05. The van der Waals surface area contributed by atoms with Gasteiger partial charge in [-0.05, 0) is 63.8 Å². The van der Waals surface area contributed by atoms with E-state index in [1.807, 2.05) is 48.5 Å². The first kappa shape index (κ1) is 18.3. The lowest BCUT2D eigenvalue weighted by atomic mass is 10.2. The molecule has 3 N–H and O–H groups in total. The maximum Gasteiger partial charge on any atom is 0.198 e. The Morgan fingerprint density at radius 3 is 2.75 bits per heavy atom. The van der Waals surface area contributed by atoms with Gasteiger partial charge in [-0.3, -0.25) is 0 Å². The Balaban J connectivity index is 1.65. The van der Waals surface area contributed by atoms with Crippen molar-refractivity contribution >= 4 is 33.4 Å². The van der Waals surface area contributed by atoms with Gasteiger partial charge in [0.05, 0.1) is 5.52 Å². The van der Waals surface area contributed by atoms with Crippen LogP contribution in [0.5, 0.6) is 0 Å². The van der Waals surface area contributed by atoms with Crippen LogP contribution >= 0.6 is 0 Å². The maximum atomic E-state index is 5.97. The molecule has 0 saturated heterocycles. The van der Waals surface area contributed by atoms with Gasteiger partial charge in [0.15, 0.2) is 11.6 Å². The second-order valence-electron chi connectivity index (χ2n) is 7.26. The molecule has 6 nitrogen and oxygen atoms in total. The summed E-state index contributed by atoms with van der Waals surface area (Å²) in [5, 5.41) is 5.48. The van der Waals surface area contributed by atoms with Crippen molar-refractivity contribution in [1.82, 2.24) is 14.9 Å². The number of hydrogen-bond acceptors (Lipinski definition) is 6. The summed E-state index contributed by atoms with van der Waals surface area (Å²) >= 11 is 0. The number of unbranched alkanes of at least 4 members (excludes halogenated alkanes) is 1. The molecule has 4 aromatic rings. The number of nitrogens with two attached hydrogens (primary N) is 1. The van der Waals surface area contributed by atoms with Crippen LogP contribution < -0.4 is 11.1 Å². The van der Waals surface area contributed by atoms with E-state index in [4.69, 9.17) is 20.1 Å². The number of hydrogen-bond donors (Lipinski definition) is 2. The van der Waals surface area contributed by atoms with Gasteiger partial charge in [-0.2, -0.15) is 0 Å². The number of benzene rings is 2. The molecule has 0 amide bonds. The van der Waals surface area contributed by atoms with Crippen molar-refractivity contribution < 1.29 is 4.42 Å². The molecule has 0 unspecified atom stereocenters. The van der Waals surface area contributed by atoms with E-state index in [0.29, 0.717) is 17.3 Å². The lowest BCUT2D eigenvalue weighted by Crippen LogP contribution is -2.14. The van der Waals surface area contributed by atoms with Gasteiger partial charge in [0.2, 0.25) is 0 Å². The molecule has 2 heterocycles. The molecule has 2 aromatic heterocycles. The zero-order chi connectivity index (χ0) is 19.5. The third-order valence-corrected chi connectivity index (χ3v) is 4.69. The molecule has 0 atom stereocenters. The van der Waals surface area contributed by atoms with Gasteiger partial charge >= 0.3 is 0 Å². The van der Waals surface area contributed by atoms with Crippen molar-refractivity contribution in [2.45, 2.75) is 12.8 Å². The molecule has 0 aliphatic carbocycles. The molecule has 0 saturated carbocycles. The fourth-order valence-corrected chi connectivity index (χ4v) is 3.24. The summed E-state index contributed by atoms with van der Waals surface area (Å²) in [5.41, 5.74) is 8.17. The quantitative estimate of drug-likeness (QED) is 0.369. The highest BCUT2D eigenvalue weighted by Crippen LogP contribution is 2.30. The van der Waals surface area contributed by atoms with E-state index in [0.717, 1.165) is 53.6 Å². The van der Waals surface area contributed by atoms with Gasteiger partial charge in [-0.25, -0.2) is 9.97 Å². The molecule has 4 rings (SSSR count). The van der Waals surface area contributed by atoms with Crippen molar-refractivity contribution in [3.63, 3.8) is 0 Å². The number of nitrogen functional groups attached to an aromatic ring is 1. The van der Waals surface area contributed by atoms with Crippen LogP contribution in [-0.4, -0.2) is 42.1 Å². The molecule has 0 radical (unpaired) electrons. The Labute approximate surface area is 164 Å². The highest BCUT2D eigenvalue weighted by molar-refractivity contribution is 5.91. The molecule has 0 bridgehead atoms. The molecular weight excluding hydrogens is 350 g/mol. The minimum absolute atomic E-state index is 0.573. The van der Waals surface area contributed by atoms with Crippen molar-refractivity contribution in [3.8, 4) is 11.6 Å². The largest absolute Gasteiger partial charge is 0.453 e. The molecule has 0 fully saturated rings. The van der Waals surface area contributed by atoms with Crippen LogP contribution in [0.3, 0.4) is 0 Å². The summed E-state index contributed by atoms with van der Waals surface area (Å²) in [6, 6.07) is 15.6. The molecule has 2 aromatic carbocycles. The van der Waals surface area contributed by atoms with E-state index in [2.05, 4.69) is 24.3 Å². The number of furan rings is 1. The van der Waals surface area contributed by atoms with E-state index >= 15 is 0 Å². The summed E-state index contributed by atoms with van der Waals surface area (Å²) in [4.78, 5) is 11.7. The topological polar surface area (TPSA) is 80.2 Å². The van der Waals surface area contributed by atoms with Gasteiger partial charge in [0.1, 0.15) is 11.4 Å². The summed E-state index contributed by atoms with van der Waals surface area (Å²) in [7, 11) is 4.19. The van der Waals surface area contributed by atoms with Crippen LogP contribution in [0.25, 0.3) is 33.5 Å². The Bertz CT molecular complexity index is 1100. The number of rotatable bonds is 7. The summed E-state index contributed by atoms with van der Waals surface area (Å²) in [6.07, 6.45) is 2.22. The van der Waals surface area contributed by atoms with E-state index in [9.17, 15) is 0 Å². The smallest absolute Gasteiger partial charge is 0.198 e. The highest BCUT2D eigenvalue weighted by Gasteiger charge is 2.13. The first-order chi connectivity index (χ1) is 13.6. The van der Waals surface area contributed by atoms with Crippen molar-refractivity contribution in [1.29, 1.82) is 0 Å². The lowest BCUT2D eigenvalue weighted by molar-refractivity contribution is 0.396. The lowest BCUT2D eigenvalue weighted by Gasteiger charge is -2.11. The molecule has 144 valence electrons. The summed E-state index contributed by atoms with van der Waals surface area (Å²) in [6.45, 7) is 1.95. The number of fused-ring (bicyclic) bond motifs is 2. The van der Waals surface area contributed by atoms with Crippen LogP contribution in [0.2, 0.25) is 0 Å². The monoisotopic (exact) mass is 375 g/mol. The minimum atomic E-state index is 0.573. The number of aromatic nitrogens is 2. The summed E-state index contributed by atoms with van der Waals surface area (Å²) < 4.78 is 5.97. The van der Waals surface area contributed by atoms with E-state index < -0.39 is 0 Å². The van der Waals surface area contributed by atoms with Crippen LogP contribution in [0.4, 0.5) is 11.5 Å². The van der Waals surface area contributed by atoms with Crippen molar-refractivity contribution in [2.75, 3.05) is 38.2 Å². The zero-order valence-electron chi connectivity index (χ0n) is 16.3.